The summed E-state index contributed by atoms with van der Waals surface area (Å²) in [6.45, 7) is 7.33. The number of hydrogen-bond acceptors (Lipinski definition) is 4. The number of ether oxygens (including phenoxy) is 1. The standard InChI is InChI=1S/C12H19F2NO3/c1-7(2)15(8(3)4)6-9(12(17)18-5)10(16)11(13)14/h6-8,11H,1-5H3/b9-6-. The second-order valence-corrected chi connectivity index (χ2v) is 4.33. The first-order chi connectivity index (χ1) is 8.22. The molecule has 0 aromatic rings. The summed E-state index contributed by atoms with van der Waals surface area (Å²) < 4.78 is 29.2. The van der Waals surface area contributed by atoms with E-state index in [1.54, 1.807) is 4.90 Å². The van der Waals surface area contributed by atoms with E-state index in [-0.39, 0.29) is 12.1 Å². The third-order valence-electron chi connectivity index (χ3n) is 2.34. The van der Waals surface area contributed by atoms with Crippen LogP contribution in [-0.2, 0) is 14.3 Å². The van der Waals surface area contributed by atoms with Crippen molar-refractivity contribution in [2.75, 3.05) is 7.11 Å². The molecule has 0 N–H and O–H groups in total. The fraction of sp³-hybridized carbons (Fsp3) is 0.667. The lowest BCUT2D eigenvalue weighted by molar-refractivity contribution is -0.140. The van der Waals surface area contributed by atoms with Gasteiger partial charge in [0.2, 0.25) is 5.78 Å². The van der Waals surface area contributed by atoms with Crippen LogP contribution in [0.25, 0.3) is 0 Å². The first kappa shape index (κ1) is 16.5. The number of carbonyl (C=O) groups excluding carboxylic acids is 2. The van der Waals surface area contributed by atoms with Gasteiger partial charge in [-0.25, -0.2) is 13.6 Å². The molecule has 0 amide bonds. The van der Waals surface area contributed by atoms with Gasteiger partial charge in [0, 0.05) is 18.3 Å². The Hall–Kier alpha value is -1.46. The number of methoxy groups -OCH3 is 1. The van der Waals surface area contributed by atoms with E-state index in [1.165, 1.54) is 0 Å². The van der Waals surface area contributed by atoms with Gasteiger partial charge in [0.1, 0.15) is 5.57 Å². The fourth-order valence-corrected chi connectivity index (χ4v) is 1.49. The van der Waals surface area contributed by atoms with Gasteiger partial charge in [-0.3, -0.25) is 4.79 Å². The quantitative estimate of drug-likeness (QED) is 0.318. The van der Waals surface area contributed by atoms with Crippen molar-refractivity contribution in [3.8, 4) is 0 Å². The van der Waals surface area contributed by atoms with Gasteiger partial charge in [0.15, 0.2) is 0 Å². The van der Waals surface area contributed by atoms with Crippen LogP contribution in [0.15, 0.2) is 11.8 Å². The Kier molecular flexibility index (Phi) is 6.51. The van der Waals surface area contributed by atoms with Gasteiger partial charge in [0.25, 0.3) is 0 Å². The Labute approximate surface area is 106 Å². The predicted molar refractivity (Wildman–Crippen MR) is 63.2 cm³/mol. The number of rotatable bonds is 6. The van der Waals surface area contributed by atoms with Gasteiger partial charge in [-0.15, -0.1) is 0 Å². The summed E-state index contributed by atoms with van der Waals surface area (Å²) in [5.74, 6) is -2.57. The van der Waals surface area contributed by atoms with Gasteiger partial charge < -0.3 is 9.64 Å². The first-order valence-corrected chi connectivity index (χ1v) is 5.62. The van der Waals surface area contributed by atoms with E-state index in [1.807, 2.05) is 27.7 Å². The smallest absolute Gasteiger partial charge is 0.343 e. The van der Waals surface area contributed by atoms with E-state index in [4.69, 9.17) is 0 Å². The van der Waals surface area contributed by atoms with Crippen LogP contribution in [0.5, 0.6) is 0 Å². The number of carbonyl (C=O) groups is 2. The number of esters is 1. The number of ketones is 1. The molecular formula is C12H19F2NO3. The average Bonchev–Trinajstić information content (AvgIpc) is 2.27. The lowest BCUT2D eigenvalue weighted by Gasteiger charge is -2.29. The van der Waals surface area contributed by atoms with Crippen molar-refractivity contribution in [3.63, 3.8) is 0 Å². The average molecular weight is 263 g/mol. The molecule has 0 fully saturated rings. The molecule has 18 heavy (non-hydrogen) atoms. The van der Waals surface area contributed by atoms with Gasteiger partial charge in [0.05, 0.1) is 7.11 Å². The molecule has 0 atom stereocenters. The van der Waals surface area contributed by atoms with E-state index in [0.717, 1.165) is 13.3 Å². The third-order valence-corrected chi connectivity index (χ3v) is 2.34. The molecule has 4 nitrogen and oxygen atoms in total. The highest BCUT2D eigenvalue weighted by Crippen LogP contribution is 2.13. The molecule has 0 unspecified atom stereocenters. The Morgan fingerprint density at radius 2 is 1.56 bits per heavy atom. The van der Waals surface area contributed by atoms with E-state index < -0.39 is 23.8 Å². The molecule has 0 aromatic heterocycles. The van der Waals surface area contributed by atoms with Gasteiger partial charge in [-0.2, -0.15) is 0 Å². The molecule has 0 radical (unpaired) electrons. The number of alkyl halides is 2. The van der Waals surface area contributed by atoms with Crippen LogP contribution in [0.2, 0.25) is 0 Å². The number of halogens is 2. The van der Waals surface area contributed by atoms with E-state index >= 15 is 0 Å². The second kappa shape index (κ2) is 7.08. The molecule has 0 aliphatic heterocycles. The summed E-state index contributed by atoms with van der Waals surface area (Å²) in [5.41, 5.74) is -0.630. The lowest BCUT2D eigenvalue weighted by atomic mass is 10.1. The van der Waals surface area contributed by atoms with Crippen LogP contribution >= 0.6 is 0 Å². The monoisotopic (exact) mass is 263 g/mol. The Morgan fingerprint density at radius 3 is 1.83 bits per heavy atom. The molecule has 0 saturated heterocycles. The van der Waals surface area contributed by atoms with Gasteiger partial charge >= 0.3 is 12.4 Å². The largest absolute Gasteiger partial charge is 0.465 e. The molecule has 0 aliphatic carbocycles. The highest BCUT2D eigenvalue weighted by molar-refractivity contribution is 6.18. The highest BCUT2D eigenvalue weighted by atomic mass is 19.3. The zero-order valence-electron chi connectivity index (χ0n) is 11.2. The second-order valence-electron chi connectivity index (χ2n) is 4.33. The molecular weight excluding hydrogens is 244 g/mol. The Bertz CT molecular complexity index is 330. The lowest BCUT2D eigenvalue weighted by Crippen LogP contribution is -2.34. The maximum Gasteiger partial charge on any atom is 0.343 e. The van der Waals surface area contributed by atoms with Crippen molar-refractivity contribution >= 4 is 11.8 Å². The van der Waals surface area contributed by atoms with Crippen LogP contribution in [0.3, 0.4) is 0 Å². The normalized spacial score (nSPS) is 12.2. The minimum atomic E-state index is -3.23. The maximum atomic E-state index is 12.4. The zero-order chi connectivity index (χ0) is 14.5. The van der Waals surface area contributed by atoms with E-state index in [0.29, 0.717) is 0 Å². The Morgan fingerprint density at radius 1 is 1.11 bits per heavy atom. The van der Waals surface area contributed by atoms with E-state index in [9.17, 15) is 18.4 Å². The summed E-state index contributed by atoms with van der Waals surface area (Å²) in [7, 11) is 1.05. The highest BCUT2D eigenvalue weighted by Gasteiger charge is 2.28. The molecule has 0 aromatic carbocycles. The number of Topliss-reactive ketones (excluding diaryl/α,β-unsaturated/α-hetero) is 1. The van der Waals surface area contributed by atoms with Crippen molar-refractivity contribution in [2.24, 2.45) is 0 Å². The van der Waals surface area contributed by atoms with Gasteiger partial charge in [-0.1, -0.05) is 0 Å². The van der Waals surface area contributed by atoms with Crippen molar-refractivity contribution in [1.82, 2.24) is 4.90 Å². The number of nitrogens with zero attached hydrogens (tertiary/aromatic N) is 1. The van der Waals surface area contributed by atoms with Crippen molar-refractivity contribution in [2.45, 2.75) is 46.2 Å². The van der Waals surface area contributed by atoms with Crippen molar-refractivity contribution in [3.05, 3.63) is 11.8 Å². The minimum Gasteiger partial charge on any atom is -0.465 e. The predicted octanol–water partition coefficient (Wildman–Crippen LogP) is 2.00. The Balaban J connectivity index is 5.41. The summed E-state index contributed by atoms with van der Waals surface area (Å²) in [6, 6.07) is -0.0646. The summed E-state index contributed by atoms with van der Waals surface area (Å²) in [5, 5.41) is 0. The molecule has 0 saturated carbocycles. The SMILES string of the molecule is COC(=O)/C(=C\N(C(C)C)C(C)C)C(=O)C(F)F. The molecule has 0 rings (SSSR count). The molecule has 0 heterocycles. The summed E-state index contributed by atoms with van der Waals surface area (Å²) >= 11 is 0. The van der Waals surface area contributed by atoms with Gasteiger partial charge in [-0.05, 0) is 27.7 Å². The van der Waals surface area contributed by atoms with Crippen LogP contribution in [-0.4, -0.2) is 42.3 Å². The zero-order valence-corrected chi connectivity index (χ0v) is 11.2. The topological polar surface area (TPSA) is 46.6 Å². The third kappa shape index (κ3) is 4.43. The summed E-state index contributed by atoms with van der Waals surface area (Å²) in [6.07, 6.45) is -2.08. The molecule has 104 valence electrons. The van der Waals surface area contributed by atoms with Crippen LogP contribution < -0.4 is 0 Å². The molecule has 0 spiro atoms. The fourth-order valence-electron chi connectivity index (χ4n) is 1.49. The van der Waals surface area contributed by atoms with Crippen molar-refractivity contribution in [1.29, 1.82) is 0 Å². The van der Waals surface area contributed by atoms with Crippen LogP contribution in [0, 0.1) is 0 Å². The maximum absolute atomic E-state index is 12.4. The van der Waals surface area contributed by atoms with E-state index in [2.05, 4.69) is 4.74 Å². The minimum absolute atomic E-state index is 0.0323. The van der Waals surface area contributed by atoms with Crippen LogP contribution in [0.4, 0.5) is 8.78 Å². The molecule has 6 heteroatoms. The van der Waals surface area contributed by atoms with Crippen LogP contribution in [0.1, 0.15) is 27.7 Å². The number of hydrogen-bond donors (Lipinski definition) is 0. The first-order valence-electron chi connectivity index (χ1n) is 5.62. The molecule has 0 aliphatic rings. The van der Waals surface area contributed by atoms with Crippen molar-refractivity contribution < 1.29 is 23.1 Å². The molecule has 0 bridgehead atoms. The summed E-state index contributed by atoms with van der Waals surface area (Å²) in [4.78, 5) is 24.3.